The average Bonchev–Trinajstić information content (AvgIpc) is 2.35. The number of rotatable bonds is 5. The van der Waals surface area contributed by atoms with Crippen molar-refractivity contribution in [3.63, 3.8) is 0 Å². The standard InChI is InChI=1S/C9H9F4N3O2/c10-8(11)9(12,13)4-18-7-5(6(14)16-17)2-1-3-15-7/h1-3,8,17H,4H2,(H2,14,16). The molecule has 0 radical (unpaired) electrons. The molecule has 0 amide bonds. The summed E-state index contributed by atoms with van der Waals surface area (Å²) in [5.41, 5.74) is 5.16. The van der Waals surface area contributed by atoms with Gasteiger partial charge in [0.1, 0.15) is 0 Å². The summed E-state index contributed by atoms with van der Waals surface area (Å²) >= 11 is 0. The molecule has 9 heteroatoms. The van der Waals surface area contributed by atoms with Crippen LogP contribution < -0.4 is 10.5 Å². The molecule has 0 spiro atoms. The van der Waals surface area contributed by atoms with Crippen LogP contribution in [0.5, 0.6) is 5.88 Å². The Labute approximate surface area is 98.9 Å². The van der Waals surface area contributed by atoms with Crippen LogP contribution in [0.1, 0.15) is 5.56 Å². The fourth-order valence-corrected chi connectivity index (χ4v) is 0.982. The zero-order valence-electron chi connectivity index (χ0n) is 8.86. The van der Waals surface area contributed by atoms with Gasteiger partial charge in [0.2, 0.25) is 5.88 Å². The Kier molecular flexibility index (Phi) is 4.29. The minimum Gasteiger partial charge on any atom is -0.470 e. The molecule has 0 saturated carbocycles. The normalized spacial score (nSPS) is 12.8. The van der Waals surface area contributed by atoms with Crippen molar-refractivity contribution in [1.29, 1.82) is 0 Å². The lowest BCUT2D eigenvalue weighted by molar-refractivity contribution is -0.148. The van der Waals surface area contributed by atoms with Crippen LogP contribution in [-0.2, 0) is 0 Å². The van der Waals surface area contributed by atoms with E-state index in [4.69, 9.17) is 10.9 Å². The molecule has 0 saturated heterocycles. The molecule has 1 aromatic rings. The molecule has 0 aliphatic carbocycles. The van der Waals surface area contributed by atoms with E-state index >= 15 is 0 Å². The van der Waals surface area contributed by atoms with Crippen molar-refractivity contribution in [3.05, 3.63) is 23.9 Å². The number of oxime groups is 1. The van der Waals surface area contributed by atoms with Gasteiger partial charge >= 0.3 is 12.3 Å². The Morgan fingerprint density at radius 2 is 2.22 bits per heavy atom. The minimum absolute atomic E-state index is 0.0786. The average molecular weight is 267 g/mol. The summed E-state index contributed by atoms with van der Waals surface area (Å²) in [5.74, 6) is -5.16. The highest BCUT2D eigenvalue weighted by Crippen LogP contribution is 2.24. The molecular weight excluding hydrogens is 258 g/mol. The van der Waals surface area contributed by atoms with Gasteiger partial charge in [-0.2, -0.15) is 8.78 Å². The van der Waals surface area contributed by atoms with E-state index in [0.717, 1.165) is 0 Å². The molecule has 5 nitrogen and oxygen atoms in total. The van der Waals surface area contributed by atoms with Crippen molar-refractivity contribution in [2.24, 2.45) is 10.9 Å². The van der Waals surface area contributed by atoms with Crippen LogP contribution in [0.15, 0.2) is 23.5 Å². The van der Waals surface area contributed by atoms with Crippen LogP contribution in [0.4, 0.5) is 17.6 Å². The number of amidine groups is 1. The van der Waals surface area contributed by atoms with Gasteiger partial charge in [-0.3, -0.25) is 0 Å². The van der Waals surface area contributed by atoms with E-state index in [1.807, 2.05) is 0 Å². The maximum Gasteiger partial charge on any atom is 0.340 e. The lowest BCUT2D eigenvalue weighted by atomic mass is 10.2. The molecule has 0 bridgehead atoms. The molecule has 1 heterocycles. The van der Waals surface area contributed by atoms with Gasteiger partial charge in [0.05, 0.1) is 5.56 Å². The van der Waals surface area contributed by atoms with Gasteiger partial charge in [0.15, 0.2) is 12.4 Å². The van der Waals surface area contributed by atoms with Crippen molar-refractivity contribution in [3.8, 4) is 5.88 Å². The number of nitrogens with two attached hydrogens (primary N) is 1. The van der Waals surface area contributed by atoms with Gasteiger partial charge in [-0.15, -0.1) is 0 Å². The van der Waals surface area contributed by atoms with Gasteiger partial charge in [-0.05, 0) is 12.1 Å². The lowest BCUT2D eigenvalue weighted by Gasteiger charge is -2.16. The summed E-state index contributed by atoms with van der Waals surface area (Å²) in [7, 11) is 0. The van der Waals surface area contributed by atoms with Crippen LogP contribution in [0.3, 0.4) is 0 Å². The maximum atomic E-state index is 12.6. The maximum absolute atomic E-state index is 12.6. The number of alkyl halides is 4. The smallest absolute Gasteiger partial charge is 0.340 e. The van der Waals surface area contributed by atoms with E-state index in [-0.39, 0.29) is 5.56 Å². The van der Waals surface area contributed by atoms with Gasteiger partial charge in [0, 0.05) is 6.20 Å². The van der Waals surface area contributed by atoms with E-state index in [9.17, 15) is 17.6 Å². The lowest BCUT2D eigenvalue weighted by Crippen LogP contribution is -2.34. The molecular formula is C9H9F4N3O2. The Balaban J connectivity index is 2.86. The first-order chi connectivity index (χ1) is 8.38. The van der Waals surface area contributed by atoms with Crippen molar-refractivity contribution in [1.82, 2.24) is 4.98 Å². The topological polar surface area (TPSA) is 80.7 Å². The number of halogens is 4. The molecule has 0 aromatic carbocycles. The first-order valence-electron chi connectivity index (χ1n) is 4.60. The second-order valence-electron chi connectivity index (χ2n) is 3.19. The molecule has 18 heavy (non-hydrogen) atoms. The quantitative estimate of drug-likeness (QED) is 0.278. The molecule has 0 aliphatic rings. The van der Waals surface area contributed by atoms with E-state index in [1.54, 1.807) is 0 Å². The fourth-order valence-electron chi connectivity index (χ4n) is 0.982. The Morgan fingerprint density at radius 1 is 1.56 bits per heavy atom. The van der Waals surface area contributed by atoms with E-state index < -0.39 is 30.7 Å². The van der Waals surface area contributed by atoms with Crippen molar-refractivity contribution >= 4 is 5.84 Å². The summed E-state index contributed by atoms with van der Waals surface area (Å²) in [6, 6.07) is 2.66. The van der Waals surface area contributed by atoms with Gasteiger partial charge < -0.3 is 15.7 Å². The zero-order valence-corrected chi connectivity index (χ0v) is 8.86. The highest BCUT2D eigenvalue weighted by Gasteiger charge is 2.42. The highest BCUT2D eigenvalue weighted by molar-refractivity contribution is 5.98. The molecule has 1 rings (SSSR count). The van der Waals surface area contributed by atoms with Crippen LogP contribution >= 0.6 is 0 Å². The van der Waals surface area contributed by atoms with Crippen LogP contribution in [0, 0.1) is 0 Å². The van der Waals surface area contributed by atoms with E-state index in [0.29, 0.717) is 0 Å². The summed E-state index contributed by atoms with van der Waals surface area (Å²) in [5, 5.41) is 11.1. The van der Waals surface area contributed by atoms with Gasteiger partial charge in [0.25, 0.3) is 0 Å². The third kappa shape index (κ3) is 3.22. The zero-order chi connectivity index (χ0) is 13.8. The monoisotopic (exact) mass is 267 g/mol. The SMILES string of the molecule is N/C(=N\O)c1cccnc1OCC(F)(F)C(F)F. The van der Waals surface area contributed by atoms with Crippen molar-refractivity contribution in [2.45, 2.75) is 12.3 Å². The van der Waals surface area contributed by atoms with Gasteiger partial charge in [-0.1, -0.05) is 5.16 Å². The van der Waals surface area contributed by atoms with E-state index in [1.165, 1.54) is 18.3 Å². The highest BCUT2D eigenvalue weighted by atomic mass is 19.3. The van der Waals surface area contributed by atoms with Crippen molar-refractivity contribution < 1.29 is 27.5 Å². The first kappa shape index (κ1) is 14.0. The number of aromatic nitrogens is 1. The van der Waals surface area contributed by atoms with E-state index in [2.05, 4.69) is 14.9 Å². The fraction of sp³-hybridized carbons (Fsp3) is 0.333. The second kappa shape index (κ2) is 5.52. The molecule has 3 N–H and O–H groups in total. The summed E-state index contributed by atoms with van der Waals surface area (Å²) in [6.45, 7) is -1.56. The van der Waals surface area contributed by atoms with Crippen LogP contribution in [0.2, 0.25) is 0 Å². The Hall–Kier alpha value is -2.06. The molecule has 100 valence electrons. The predicted octanol–water partition coefficient (Wildman–Crippen LogP) is 1.46. The number of hydrogen-bond donors (Lipinski definition) is 2. The number of nitrogens with zero attached hydrogens (tertiary/aromatic N) is 2. The van der Waals surface area contributed by atoms with Crippen molar-refractivity contribution in [2.75, 3.05) is 6.61 Å². The van der Waals surface area contributed by atoms with Crippen LogP contribution in [0.25, 0.3) is 0 Å². The third-order valence-electron chi connectivity index (χ3n) is 1.88. The van der Waals surface area contributed by atoms with Gasteiger partial charge in [-0.25, -0.2) is 13.8 Å². The summed E-state index contributed by atoms with van der Waals surface area (Å²) in [6.07, 6.45) is -2.67. The number of hydrogen-bond acceptors (Lipinski definition) is 4. The minimum atomic E-state index is -4.31. The molecule has 1 aromatic heterocycles. The predicted molar refractivity (Wildman–Crippen MR) is 53.2 cm³/mol. The largest absolute Gasteiger partial charge is 0.470 e. The molecule has 0 fully saturated rings. The first-order valence-corrected chi connectivity index (χ1v) is 4.60. The number of ether oxygens (including phenoxy) is 1. The number of pyridine rings is 1. The molecule has 0 atom stereocenters. The molecule has 0 unspecified atom stereocenters. The Morgan fingerprint density at radius 3 is 2.78 bits per heavy atom. The Bertz CT molecular complexity index is 440. The third-order valence-corrected chi connectivity index (χ3v) is 1.88. The van der Waals surface area contributed by atoms with Crippen LogP contribution in [-0.4, -0.2) is 35.0 Å². The summed E-state index contributed by atoms with van der Waals surface area (Å²) in [4.78, 5) is 3.54. The summed E-state index contributed by atoms with van der Waals surface area (Å²) < 4.78 is 53.5. The second-order valence-corrected chi connectivity index (χ2v) is 3.19. The molecule has 0 aliphatic heterocycles.